The van der Waals surface area contributed by atoms with Crippen molar-refractivity contribution >= 4 is 11.7 Å². The van der Waals surface area contributed by atoms with Crippen LogP contribution in [0.3, 0.4) is 0 Å². The average molecular weight is 366 g/mol. The van der Waals surface area contributed by atoms with E-state index in [1.165, 1.54) is 11.8 Å². The fraction of sp³-hybridized carbons (Fsp3) is 0.286. The van der Waals surface area contributed by atoms with Crippen molar-refractivity contribution in [2.24, 2.45) is 5.73 Å². The topological polar surface area (TPSA) is 101 Å². The Morgan fingerprint density at radius 1 is 1.33 bits per heavy atom. The number of carbonyl (C=O) groups excluding carboxylic acids is 1. The van der Waals surface area contributed by atoms with Crippen LogP contribution in [0.4, 0.5) is 5.82 Å². The van der Waals surface area contributed by atoms with Crippen LogP contribution in [0.15, 0.2) is 60.9 Å². The molecular weight excluding hydrogens is 340 g/mol. The highest BCUT2D eigenvalue weighted by Crippen LogP contribution is 2.14. The minimum absolute atomic E-state index is 0.00280. The molecule has 1 aromatic carbocycles. The SMILES string of the molecule is C=C(CC)Nc1ccc(C#N)cn1.CC(COCC(N)=O)c1ccccc1. The maximum Gasteiger partial charge on any atom is 0.243 e. The molecule has 0 saturated carbocycles. The van der Waals surface area contributed by atoms with Crippen LogP contribution in [0.5, 0.6) is 0 Å². The molecule has 1 heterocycles. The van der Waals surface area contributed by atoms with E-state index in [0.29, 0.717) is 12.2 Å². The van der Waals surface area contributed by atoms with Crippen molar-refractivity contribution in [2.45, 2.75) is 26.2 Å². The third kappa shape index (κ3) is 9.19. The van der Waals surface area contributed by atoms with Crippen molar-refractivity contribution in [3.63, 3.8) is 0 Å². The second-order valence-electron chi connectivity index (χ2n) is 5.92. The van der Waals surface area contributed by atoms with Gasteiger partial charge in [-0.1, -0.05) is 50.8 Å². The van der Waals surface area contributed by atoms with Gasteiger partial charge in [-0.25, -0.2) is 4.98 Å². The summed E-state index contributed by atoms with van der Waals surface area (Å²) in [6, 6.07) is 15.5. The summed E-state index contributed by atoms with van der Waals surface area (Å²) >= 11 is 0. The van der Waals surface area contributed by atoms with Gasteiger partial charge in [0.05, 0.1) is 12.2 Å². The number of nitrogens with two attached hydrogens (primary N) is 1. The summed E-state index contributed by atoms with van der Waals surface area (Å²) in [5.74, 6) is 0.590. The number of rotatable bonds is 8. The molecule has 0 aliphatic rings. The number of nitriles is 1. The maximum absolute atomic E-state index is 10.4. The number of amides is 1. The lowest BCUT2D eigenvalue weighted by molar-refractivity contribution is -0.122. The molecule has 1 atom stereocenters. The molecule has 1 unspecified atom stereocenters. The van der Waals surface area contributed by atoms with E-state index in [-0.39, 0.29) is 12.5 Å². The third-order valence-corrected chi connectivity index (χ3v) is 3.60. The van der Waals surface area contributed by atoms with Crippen LogP contribution in [-0.2, 0) is 9.53 Å². The molecule has 0 aliphatic heterocycles. The van der Waals surface area contributed by atoms with Crippen molar-refractivity contribution < 1.29 is 9.53 Å². The lowest BCUT2D eigenvalue weighted by Crippen LogP contribution is -2.19. The van der Waals surface area contributed by atoms with E-state index in [1.54, 1.807) is 12.1 Å². The molecule has 142 valence electrons. The molecule has 1 amide bonds. The monoisotopic (exact) mass is 366 g/mol. The highest BCUT2D eigenvalue weighted by molar-refractivity contribution is 5.74. The van der Waals surface area contributed by atoms with Gasteiger partial charge in [0.1, 0.15) is 18.5 Å². The van der Waals surface area contributed by atoms with Gasteiger partial charge < -0.3 is 15.8 Å². The van der Waals surface area contributed by atoms with E-state index in [1.807, 2.05) is 43.3 Å². The Balaban J connectivity index is 0.000000271. The highest BCUT2D eigenvalue weighted by atomic mass is 16.5. The van der Waals surface area contributed by atoms with E-state index in [0.717, 1.165) is 17.9 Å². The number of carbonyl (C=O) groups is 1. The van der Waals surface area contributed by atoms with Crippen molar-refractivity contribution in [3.8, 4) is 6.07 Å². The number of pyridine rings is 1. The molecule has 0 fully saturated rings. The molecular formula is C21H26N4O2. The molecule has 27 heavy (non-hydrogen) atoms. The summed E-state index contributed by atoms with van der Waals surface area (Å²) in [6.45, 7) is 8.38. The van der Waals surface area contributed by atoms with Gasteiger partial charge in [0.2, 0.25) is 5.91 Å². The summed E-state index contributed by atoms with van der Waals surface area (Å²) in [5.41, 5.74) is 7.64. The van der Waals surface area contributed by atoms with E-state index in [2.05, 4.69) is 23.8 Å². The number of hydrogen-bond donors (Lipinski definition) is 2. The van der Waals surface area contributed by atoms with E-state index < -0.39 is 5.91 Å². The number of anilines is 1. The molecule has 0 saturated heterocycles. The van der Waals surface area contributed by atoms with Crippen molar-refractivity contribution in [1.82, 2.24) is 4.98 Å². The van der Waals surface area contributed by atoms with E-state index in [9.17, 15) is 4.79 Å². The quantitative estimate of drug-likeness (QED) is 0.743. The molecule has 6 nitrogen and oxygen atoms in total. The van der Waals surface area contributed by atoms with Gasteiger partial charge in [0, 0.05) is 17.8 Å². The number of nitrogens with zero attached hydrogens (tertiary/aromatic N) is 2. The first-order valence-corrected chi connectivity index (χ1v) is 8.68. The minimum atomic E-state index is -0.426. The largest absolute Gasteiger partial charge is 0.371 e. The second kappa shape index (κ2) is 12.2. The Morgan fingerprint density at radius 2 is 2.04 bits per heavy atom. The maximum atomic E-state index is 10.4. The zero-order chi connectivity index (χ0) is 20.1. The van der Waals surface area contributed by atoms with E-state index in [4.69, 9.17) is 15.7 Å². The number of primary amides is 1. The number of benzene rings is 1. The van der Waals surface area contributed by atoms with Crippen LogP contribution in [0.2, 0.25) is 0 Å². The molecule has 0 spiro atoms. The van der Waals surface area contributed by atoms with E-state index >= 15 is 0 Å². The van der Waals surface area contributed by atoms with Crippen molar-refractivity contribution in [3.05, 3.63) is 72.1 Å². The third-order valence-electron chi connectivity index (χ3n) is 3.60. The minimum Gasteiger partial charge on any atom is -0.371 e. The van der Waals surface area contributed by atoms with Gasteiger partial charge in [0.25, 0.3) is 0 Å². The van der Waals surface area contributed by atoms with Gasteiger partial charge in [-0.05, 0) is 24.1 Å². The van der Waals surface area contributed by atoms with Gasteiger partial charge in [-0.3, -0.25) is 4.79 Å². The summed E-state index contributed by atoms with van der Waals surface area (Å²) < 4.78 is 5.14. The summed E-state index contributed by atoms with van der Waals surface area (Å²) in [6.07, 6.45) is 2.40. The van der Waals surface area contributed by atoms with Crippen LogP contribution in [0.25, 0.3) is 0 Å². The summed E-state index contributed by atoms with van der Waals surface area (Å²) in [4.78, 5) is 14.5. The predicted octanol–water partition coefficient (Wildman–Crippen LogP) is 3.58. The first-order valence-electron chi connectivity index (χ1n) is 8.68. The Morgan fingerprint density at radius 3 is 2.56 bits per heavy atom. The molecule has 2 aromatic rings. The lowest BCUT2D eigenvalue weighted by Gasteiger charge is -2.11. The Labute approximate surface area is 160 Å². The average Bonchev–Trinajstić information content (AvgIpc) is 2.69. The Bertz CT molecular complexity index is 752. The standard InChI is InChI=1S/C11H15NO2.C10H11N3/c1-9(7-14-8-11(12)13)10-5-3-2-4-6-10;1-3-8(2)13-10-5-4-9(6-11)7-12-10/h2-6,9H,7-8H2,1H3,(H2,12,13);4-5,7H,2-3H2,1H3,(H,12,13). The summed E-state index contributed by atoms with van der Waals surface area (Å²) in [5, 5.41) is 11.6. The second-order valence-corrected chi connectivity index (χ2v) is 5.92. The van der Waals surface area contributed by atoms with Gasteiger partial charge in [-0.15, -0.1) is 0 Å². The molecule has 0 radical (unpaired) electrons. The fourth-order valence-electron chi connectivity index (χ4n) is 2.02. The smallest absolute Gasteiger partial charge is 0.243 e. The lowest BCUT2D eigenvalue weighted by atomic mass is 10.0. The normalized spacial score (nSPS) is 10.7. The highest BCUT2D eigenvalue weighted by Gasteiger charge is 2.05. The van der Waals surface area contributed by atoms with Crippen LogP contribution >= 0.6 is 0 Å². The van der Waals surface area contributed by atoms with Crippen molar-refractivity contribution in [1.29, 1.82) is 5.26 Å². The van der Waals surface area contributed by atoms with Gasteiger partial charge >= 0.3 is 0 Å². The molecule has 3 N–H and O–H groups in total. The van der Waals surface area contributed by atoms with Crippen LogP contribution in [-0.4, -0.2) is 24.1 Å². The predicted molar refractivity (Wildman–Crippen MR) is 107 cm³/mol. The molecule has 1 aromatic heterocycles. The number of aromatic nitrogens is 1. The molecule has 0 aliphatic carbocycles. The van der Waals surface area contributed by atoms with Crippen molar-refractivity contribution in [2.75, 3.05) is 18.5 Å². The number of nitrogens with one attached hydrogen (secondary N) is 1. The Hall–Kier alpha value is -3.17. The van der Waals surface area contributed by atoms with Gasteiger partial charge in [-0.2, -0.15) is 5.26 Å². The molecule has 0 bridgehead atoms. The van der Waals surface area contributed by atoms with Crippen LogP contribution < -0.4 is 11.1 Å². The van der Waals surface area contributed by atoms with Crippen LogP contribution in [0.1, 0.15) is 37.3 Å². The number of ether oxygens (including phenoxy) is 1. The molecule has 2 rings (SSSR count). The van der Waals surface area contributed by atoms with Gasteiger partial charge in [0.15, 0.2) is 0 Å². The molecule has 6 heteroatoms. The number of hydrogen-bond acceptors (Lipinski definition) is 5. The summed E-state index contributed by atoms with van der Waals surface area (Å²) in [7, 11) is 0. The zero-order valence-corrected chi connectivity index (χ0v) is 15.8. The van der Waals surface area contributed by atoms with Crippen LogP contribution in [0, 0.1) is 11.3 Å². The fourth-order valence-corrected chi connectivity index (χ4v) is 2.02. The first-order chi connectivity index (χ1) is 13.0. The first kappa shape index (κ1) is 21.9. The number of allylic oxidation sites excluding steroid dienone is 1. The zero-order valence-electron chi connectivity index (χ0n) is 15.8. The Kier molecular flexibility index (Phi) is 9.90.